The Morgan fingerprint density at radius 1 is 1.11 bits per heavy atom. The van der Waals surface area contributed by atoms with E-state index in [4.69, 9.17) is 14.2 Å². The third kappa shape index (κ3) is 6.66. The lowest BCUT2D eigenvalue weighted by atomic mass is 10.1. The van der Waals surface area contributed by atoms with Crippen LogP contribution in [0.15, 0.2) is 48.5 Å². The summed E-state index contributed by atoms with van der Waals surface area (Å²) in [5.74, 6) is 0.347. The van der Waals surface area contributed by atoms with Gasteiger partial charge in [0.25, 0.3) is 0 Å². The van der Waals surface area contributed by atoms with Gasteiger partial charge in [-0.25, -0.2) is 9.59 Å². The number of amides is 1. The first-order valence-electron chi connectivity index (χ1n) is 8.85. The second kappa shape index (κ2) is 10.2. The Labute approximate surface area is 159 Å². The van der Waals surface area contributed by atoms with Gasteiger partial charge in [0.15, 0.2) is 0 Å². The number of ether oxygens (including phenoxy) is 3. The van der Waals surface area contributed by atoms with Crippen molar-refractivity contribution in [2.45, 2.75) is 26.9 Å². The predicted octanol–water partition coefficient (Wildman–Crippen LogP) is 4.65. The molecule has 0 aliphatic carbocycles. The number of benzene rings is 2. The second-order valence-electron chi connectivity index (χ2n) is 6.25. The van der Waals surface area contributed by atoms with E-state index in [0.717, 1.165) is 12.0 Å². The molecule has 0 heterocycles. The lowest BCUT2D eigenvalue weighted by Gasteiger charge is -2.14. The summed E-state index contributed by atoms with van der Waals surface area (Å²) in [6.07, 6.45) is 0.363. The van der Waals surface area contributed by atoms with Gasteiger partial charge < -0.3 is 14.2 Å². The predicted molar refractivity (Wildman–Crippen MR) is 103 cm³/mol. The molecule has 0 spiro atoms. The molecule has 0 saturated carbocycles. The number of hydrogen-bond donors (Lipinski definition) is 1. The highest BCUT2D eigenvalue weighted by atomic mass is 16.5. The average molecular weight is 371 g/mol. The van der Waals surface area contributed by atoms with E-state index < -0.39 is 12.1 Å². The van der Waals surface area contributed by atoms with Crippen LogP contribution in [0.1, 0.15) is 36.2 Å². The molecule has 144 valence electrons. The van der Waals surface area contributed by atoms with Crippen LogP contribution in [0.3, 0.4) is 0 Å². The molecule has 1 N–H and O–H groups in total. The van der Waals surface area contributed by atoms with Crippen molar-refractivity contribution in [1.82, 2.24) is 0 Å². The van der Waals surface area contributed by atoms with Crippen LogP contribution >= 0.6 is 0 Å². The molecule has 0 aliphatic heterocycles. The van der Waals surface area contributed by atoms with Gasteiger partial charge in [-0.3, -0.25) is 5.32 Å². The Kier molecular flexibility index (Phi) is 7.67. The summed E-state index contributed by atoms with van der Waals surface area (Å²) in [5, 5.41) is 2.62. The summed E-state index contributed by atoms with van der Waals surface area (Å²) in [7, 11) is 1.30. The Morgan fingerprint density at radius 2 is 1.85 bits per heavy atom. The number of esters is 1. The lowest BCUT2D eigenvalue weighted by molar-refractivity contribution is 0.0600. The summed E-state index contributed by atoms with van der Waals surface area (Å²) >= 11 is 0. The molecule has 0 fully saturated rings. The number of carbonyl (C=O) groups is 2. The largest absolute Gasteiger partial charge is 0.493 e. The number of rotatable bonds is 8. The first-order chi connectivity index (χ1) is 13.0. The summed E-state index contributed by atoms with van der Waals surface area (Å²) in [4.78, 5) is 24.0. The molecule has 1 unspecified atom stereocenters. The number of nitrogens with one attached hydrogen (secondary N) is 1. The molecule has 2 rings (SSSR count). The van der Waals surface area contributed by atoms with Crippen molar-refractivity contribution in [3.8, 4) is 5.75 Å². The summed E-state index contributed by atoms with van der Waals surface area (Å²) in [5.41, 5.74) is 1.57. The van der Waals surface area contributed by atoms with E-state index in [9.17, 15) is 9.59 Å². The molecule has 0 radical (unpaired) electrons. The summed E-state index contributed by atoms with van der Waals surface area (Å²) < 4.78 is 15.7. The van der Waals surface area contributed by atoms with Crippen molar-refractivity contribution in [2.24, 2.45) is 5.92 Å². The van der Waals surface area contributed by atoms with Gasteiger partial charge >= 0.3 is 12.1 Å². The monoisotopic (exact) mass is 371 g/mol. The van der Waals surface area contributed by atoms with Crippen molar-refractivity contribution in [3.05, 3.63) is 59.7 Å². The average Bonchev–Trinajstić information content (AvgIpc) is 2.70. The van der Waals surface area contributed by atoms with Crippen LogP contribution in [0.4, 0.5) is 10.5 Å². The van der Waals surface area contributed by atoms with Gasteiger partial charge in [0.1, 0.15) is 12.4 Å². The van der Waals surface area contributed by atoms with Crippen molar-refractivity contribution < 1.29 is 23.8 Å². The molecule has 0 aromatic heterocycles. The van der Waals surface area contributed by atoms with Crippen molar-refractivity contribution in [3.63, 3.8) is 0 Å². The molecule has 2 aromatic carbocycles. The van der Waals surface area contributed by atoms with E-state index in [0.29, 0.717) is 24.0 Å². The molecule has 0 saturated heterocycles. The Balaban J connectivity index is 2.06. The SMILES string of the molecule is CCC(C)COc1cc(NC(=O)OCc2ccccc2)cc(C(=O)OC)c1. The van der Waals surface area contributed by atoms with Gasteiger partial charge in [-0.15, -0.1) is 0 Å². The van der Waals surface area contributed by atoms with Crippen LogP contribution in [0.25, 0.3) is 0 Å². The van der Waals surface area contributed by atoms with E-state index >= 15 is 0 Å². The smallest absolute Gasteiger partial charge is 0.411 e. The number of carbonyl (C=O) groups excluding carboxylic acids is 2. The molecule has 27 heavy (non-hydrogen) atoms. The fraction of sp³-hybridized carbons (Fsp3) is 0.333. The highest BCUT2D eigenvalue weighted by Crippen LogP contribution is 2.23. The maximum atomic E-state index is 12.1. The van der Waals surface area contributed by atoms with Crippen LogP contribution in [-0.4, -0.2) is 25.8 Å². The van der Waals surface area contributed by atoms with Crippen LogP contribution in [0.5, 0.6) is 5.75 Å². The van der Waals surface area contributed by atoms with E-state index in [1.165, 1.54) is 13.2 Å². The molecule has 1 atom stereocenters. The molecule has 0 bridgehead atoms. The van der Waals surface area contributed by atoms with Gasteiger partial charge in [0.05, 0.1) is 19.3 Å². The van der Waals surface area contributed by atoms with Gasteiger partial charge in [-0.05, 0) is 23.6 Å². The van der Waals surface area contributed by atoms with Gasteiger partial charge in [-0.2, -0.15) is 0 Å². The normalized spacial score (nSPS) is 11.4. The third-order valence-corrected chi connectivity index (χ3v) is 4.02. The standard InChI is InChI=1S/C21H25NO5/c1-4-15(2)13-26-19-11-17(20(23)25-3)10-18(12-19)22-21(24)27-14-16-8-6-5-7-9-16/h5-12,15H,4,13-14H2,1-3H3,(H,22,24). The molecule has 1 amide bonds. The first kappa shape index (κ1) is 20.3. The fourth-order valence-corrected chi connectivity index (χ4v) is 2.22. The van der Waals surface area contributed by atoms with E-state index in [1.54, 1.807) is 12.1 Å². The highest BCUT2D eigenvalue weighted by Gasteiger charge is 2.13. The minimum absolute atomic E-state index is 0.154. The topological polar surface area (TPSA) is 73.9 Å². The molecule has 6 heteroatoms. The molecular weight excluding hydrogens is 346 g/mol. The maximum Gasteiger partial charge on any atom is 0.411 e. The zero-order chi connectivity index (χ0) is 19.6. The molecule has 0 aliphatic rings. The van der Waals surface area contributed by atoms with E-state index in [-0.39, 0.29) is 12.2 Å². The number of methoxy groups -OCH3 is 1. The van der Waals surface area contributed by atoms with E-state index in [1.807, 2.05) is 30.3 Å². The zero-order valence-electron chi connectivity index (χ0n) is 15.9. The second-order valence-corrected chi connectivity index (χ2v) is 6.25. The third-order valence-electron chi connectivity index (χ3n) is 4.02. The zero-order valence-corrected chi connectivity index (χ0v) is 15.9. The van der Waals surface area contributed by atoms with Crippen molar-refractivity contribution in [1.29, 1.82) is 0 Å². The number of hydrogen-bond acceptors (Lipinski definition) is 5. The van der Waals surface area contributed by atoms with Crippen molar-refractivity contribution >= 4 is 17.7 Å². The molecular formula is C21H25NO5. The summed E-state index contributed by atoms with van der Waals surface area (Å²) in [6, 6.07) is 14.1. The number of anilines is 1. The van der Waals surface area contributed by atoms with E-state index in [2.05, 4.69) is 19.2 Å². The lowest BCUT2D eigenvalue weighted by Crippen LogP contribution is -2.15. The Morgan fingerprint density at radius 3 is 2.52 bits per heavy atom. The molecule has 6 nitrogen and oxygen atoms in total. The van der Waals surface area contributed by atoms with Crippen LogP contribution < -0.4 is 10.1 Å². The van der Waals surface area contributed by atoms with Crippen LogP contribution in [0, 0.1) is 5.92 Å². The van der Waals surface area contributed by atoms with Gasteiger partial charge in [0, 0.05) is 11.8 Å². The van der Waals surface area contributed by atoms with Crippen LogP contribution in [0.2, 0.25) is 0 Å². The molecule has 2 aromatic rings. The minimum atomic E-state index is -0.617. The first-order valence-corrected chi connectivity index (χ1v) is 8.85. The van der Waals surface area contributed by atoms with Crippen LogP contribution in [-0.2, 0) is 16.1 Å². The minimum Gasteiger partial charge on any atom is -0.493 e. The van der Waals surface area contributed by atoms with Gasteiger partial charge in [0.2, 0.25) is 0 Å². The van der Waals surface area contributed by atoms with Crippen molar-refractivity contribution in [2.75, 3.05) is 19.0 Å². The Bertz CT molecular complexity index is 760. The fourth-order valence-electron chi connectivity index (χ4n) is 2.22. The summed E-state index contributed by atoms with van der Waals surface area (Å²) in [6.45, 7) is 4.82. The van der Waals surface area contributed by atoms with Gasteiger partial charge in [-0.1, -0.05) is 50.6 Å². The maximum absolute atomic E-state index is 12.1. The highest BCUT2D eigenvalue weighted by molar-refractivity contribution is 5.93. The Hall–Kier alpha value is -3.02. The quantitative estimate of drug-likeness (QED) is 0.684.